The highest BCUT2D eigenvalue weighted by Crippen LogP contribution is 2.05. The van der Waals surface area contributed by atoms with Crippen LogP contribution in [0.1, 0.15) is 12.8 Å². The van der Waals surface area contributed by atoms with Gasteiger partial charge in [-0.05, 0) is 12.8 Å². The molecule has 2 aliphatic heterocycles. The fourth-order valence-corrected chi connectivity index (χ4v) is 2.42. The van der Waals surface area contributed by atoms with E-state index in [4.69, 9.17) is 0 Å². The molecule has 12 nitrogen and oxygen atoms in total. The number of amidine groups is 2. The van der Waals surface area contributed by atoms with Crippen molar-refractivity contribution in [1.29, 1.82) is 0 Å². The molecule has 12 heteroatoms. The van der Waals surface area contributed by atoms with Crippen LogP contribution in [0.5, 0.6) is 0 Å². The molecule has 0 aliphatic carbocycles. The summed E-state index contributed by atoms with van der Waals surface area (Å²) in [6.07, 6.45) is 1.61. The molecule has 2 aliphatic rings. The smallest absolute Gasteiger partial charge is 0.194 e. The Kier molecular flexibility index (Phi) is 5.55. The number of rotatable bonds is 7. The van der Waals surface area contributed by atoms with Crippen molar-refractivity contribution in [3.05, 3.63) is 20.2 Å². The first-order valence-corrected chi connectivity index (χ1v) is 6.91. The number of hydrazone groups is 2. The molecule has 122 valence electrons. The van der Waals surface area contributed by atoms with Crippen molar-refractivity contribution < 1.29 is 10.1 Å². The summed E-state index contributed by atoms with van der Waals surface area (Å²) in [4.78, 5) is 24.5. The average molecular weight is 314 g/mol. The third-order valence-corrected chi connectivity index (χ3v) is 3.40. The zero-order chi connectivity index (χ0) is 15.9. The minimum Gasteiger partial charge on any atom is -0.341 e. The number of nitrogens with zero attached hydrogens (tertiary/aromatic N) is 6. The molecule has 0 aromatic heterocycles. The quantitative estimate of drug-likeness (QED) is 0.334. The van der Waals surface area contributed by atoms with E-state index in [2.05, 4.69) is 20.8 Å². The summed E-state index contributed by atoms with van der Waals surface area (Å²) >= 11 is 0. The number of unbranched alkanes of at least 4 members (excludes halogenated alkanes) is 1. The zero-order valence-electron chi connectivity index (χ0n) is 12.0. The first kappa shape index (κ1) is 16.0. The van der Waals surface area contributed by atoms with Crippen molar-refractivity contribution in [3.8, 4) is 0 Å². The summed E-state index contributed by atoms with van der Waals surface area (Å²) in [5, 5.41) is 32.2. The van der Waals surface area contributed by atoms with E-state index in [9.17, 15) is 20.2 Å². The molecular formula is C10H18N8O4. The molecule has 22 heavy (non-hydrogen) atoms. The van der Waals surface area contributed by atoms with E-state index in [1.54, 1.807) is 0 Å². The standard InChI is InChI=1S/C10H18N8O4/c19-17(20)13-9-5-11-7-15(9)3-1-2-4-16-8-12-6-10(16)14-18(21)22/h11-12H,1-8H2/b13-9-,14-10+. The maximum Gasteiger partial charge on any atom is 0.194 e. The SMILES string of the molecule is O=[N+]([O-])/N=C1/CNCN1CCCCN1CNC/C1=N\[N+](=O)[O-]. The van der Waals surface area contributed by atoms with Crippen molar-refractivity contribution in [2.45, 2.75) is 12.8 Å². The topological polar surface area (TPSA) is 142 Å². The maximum absolute atomic E-state index is 10.4. The summed E-state index contributed by atoms with van der Waals surface area (Å²) < 4.78 is 0. The van der Waals surface area contributed by atoms with Gasteiger partial charge in [-0.3, -0.25) is 10.6 Å². The van der Waals surface area contributed by atoms with Gasteiger partial charge in [0.2, 0.25) is 0 Å². The van der Waals surface area contributed by atoms with Crippen LogP contribution >= 0.6 is 0 Å². The minimum absolute atomic E-state index is 0.399. The second-order valence-corrected chi connectivity index (χ2v) is 4.91. The molecular weight excluding hydrogens is 296 g/mol. The lowest BCUT2D eigenvalue weighted by Crippen LogP contribution is -2.31. The predicted octanol–water partition coefficient (Wildman–Crippen LogP) is -1.33. The van der Waals surface area contributed by atoms with E-state index in [-0.39, 0.29) is 0 Å². The number of nitro groups is 2. The van der Waals surface area contributed by atoms with Gasteiger partial charge in [0.1, 0.15) is 0 Å². The third kappa shape index (κ3) is 4.60. The number of nitrogens with one attached hydrogen (secondary N) is 2. The Bertz CT molecular complexity index is 449. The van der Waals surface area contributed by atoms with E-state index < -0.39 is 10.1 Å². The zero-order valence-corrected chi connectivity index (χ0v) is 12.0. The molecule has 0 amide bonds. The maximum atomic E-state index is 10.4. The normalized spacial score (nSPS) is 22.0. The highest BCUT2D eigenvalue weighted by Gasteiger charge is 2.22. The highest BCUT2D eigenvalue weighted by molar-refractivity contribution is 5.85. The number of hydrogen-bond acceptors (Lipinski definition) is 6. The highest BCUT2D eigenvalue weighted by atomic mass is 16.7. The molecule has 0 unspecified atom stereocenters. The van der Waals surface area contributed by atoms with Crippen LogP contribution in [-0.2, 0) is 0 Å². The lowest BCUT2D eigenvalue weighted by atomic mass is 10.3. The second-order valence-electron chi connectivity index (χ2n) is 4.91. The Morgan fingerprint density at radius 2 is 1.32 bits per heavy atom. The van der Waals surface area contributed by atoms with Gasteiger partial charge < -0.3 is 9.80 Å². The van der Waals surface area contributed by atoms with Gasteiger partial charge in [-0.25, -0.2) is 20.2 Å². The van der Waals surface area contributed by atoms with Crippen LogP contribution in [0.15, 0.2) is 10.2 Å². The summed E-state index contributed by atoms with van der Waals surface area (Å²) in [7, 11) is 0. The minimum atomic E-state index is -0.689. The van der Waals surface area contributed by atoms with Crippen LogP contribution in [0.4, 0.5) is 0 Å². The van der Waals surface area contributed by atoms with E-state index in [0.29, 0.717) is 51.2 Å². The molecule has 2 saturated heterocycles. The molecule has 0 spiro atoms. The van der Waals surface area contributed by atoms with Gasteiger partial charge in [-0.1, -0.05) is 0 Å². The van der Waals surface area contributed by atoms with Gasteiger partial charge in [0.05, 0.1) is 36.6 Å². The fraction of sp³-hybridized carbons (Fsp3) is 0.800. The summed E-state index contributed by atoms with van der Waals surface area (Å²) in [6, 6.07) is 0. The first-order valence-electron chi connectivity index (χ1n) is 6.91. The summed E-state index contributed by atoms with van der Waals surface area (Å²) in [5.41, 5.74) is 0. The molecule has 2 rings (SSSR count). The molecule has 0 aromatic carbocycles. The van der Waals surface area contributed by atoms with Crippen LogP contribution in [0.3, 0.4) is 0 Å². The van der Waals surface area contributed by atoms with Gasteiger partial charge in [-0.2, -0.15) is 0 Å². The van der Waals surface area contributed by atoms with Gasteiger partial charge in [0.25, 0.3) is 0 Å². The van der Waals surface area contributed by atoms with E-state index in [0.717, 1.165) is 12.8 Å². The molecule has 0 bridgehead atoms. The Hall–Kier alpha value is -2.34. The lowest BCUT2D eigenvalue weighted by molar-refractivity contribution is -0.485. The van der Waals surface area contributed by atoms with Gasteiger partial charge in [0.15, 0.2) is 21.7 Å². The Morgan fingerprint density at radius 3 is 1.68 bits per heavy atom. The number of hydrogen-bond donors (Lipinski definition) is 2. The van der Waals surface area contributed by atoms with Gasteiger partial charge in [-0.15, -0.1) is 0 Å². The summed E-state index contributed by atoms with van der Waals surface area (Å²) in [5.74, 6) is 0.867. The Labute approximate surface area is 126 Å². The largest absolute Gasteiger partial charge is 0.341 e. The van der Waals surface area contributed by atoms with Gasteiger partial charge in [0, 0.05) is 13.1 Å². The average Bonchev–Trinajstić information content (AvgIpc) is 3.04. The molecule has 0 radical (unpaired) electrons. The van der Waals surface area contributed by atoms with Crippen LogP contribution in [0, 0.1) is 20.2 Å². The van der Waals surface area contributed by atoms with Crippen molar-refractivity contribution in [2.75, 3.05) is 39.5 Å². The second kappa shape index (κ2) is 7.61. The van der Waals surface area contributed by atoms with Crippen LogP contribution < -0.4 is 10.6 Å². The Morgan fingerprint density at radius 1 is 0.909 bits per heavy atom. The molecule has 2 N–H and O–H groups in total. The molecule has 2 heterocycles. The third-order valence-electron chi connectivity index (χ3n) is 3.40. The predicted molar refractivity (Wildman–Crippen MR) is 77.2 cm³/mol. The van der Waals surface area contributed by atoms with Crippen LogP contribution in [-0.4, -0.2) is 71.1 Å². The van der Waals surface area contributed by atoms with E-state index in [1.807, 2.05) is 9.80 Å². The summed E-state index contributed by atoms with van der Waals surface area (Å²) in [6.45, 7) is 3.20. The Balaban J connectivity index is 1.73. The van der Waals surface area contributed by atoms with E-state index >= 15 is 0 Å². The lowest BCUT2D eigenvalue weighted by Gasteiger charge is -2.18. The van der Waals surface area contributed by atoms with Gasteiger partial charge >= 0.3 is 0 Å². The van der Waals surface area contributed by atoms with Crippen molar-refractivity contribution in [1.82, 2.24) is 20.4 Å². The monoisotopic (exact) mass is 314 g/mol. The fourth-order valence-electron chi connectivity index (χ4n) is 2.42. The first-order chi connectivity index (χ1) is 10.6. The van der Waals surface area contributed by atoms with Crippen molar-refractivity contribution in [3.63, 3.8) is 0 Å². The van der Waals surface area contributed by atoms with Crippen LogP contribution in [0.25, 0.3) is 0 Å². The molecule has 2 fully saturated rings. The molecule has 0 atom stereocenters. The van der Waals surface area contributed by atoms with Crippen molar-refractivity contribution >= 4 is 11.7 Å². The molecule has 0 saturated carbocycles. The molecule has 0 aromatic rings. The van der Waals surface area contributed by atoms with Crippen LogP contribution in [0.2, 0.25) is 0 Å². The van der Waals surface area contributed by atoms with Crippen molar-refractivity contribution in [2.24, 2.45) is 10.2 Å². The van der Waals surface area contributed by atoms with E-state index in [1.165, 1.54) is 0 Å².